The van der Waals surface area contributed by atoms with Crippen LogP contribution >= 0.6 is 34.8 Å². The Morgan fingerprint density at radius 3 is 2.23 bits per heavy atom. The Hall–Kier alpha value is -2.98. The third-order valence-corrected chi connectivity index (χ3v) is 8.50. The highest BCUT2D eigenvalue weighted by atomic mass is 35.5. The summed E-state index contributed by atoms with van der Waals surface area (Å²) >= 11 is 18.4. The van der Waals surface area contributed by atoms with E-state index in [1.54, 1.807) is 50.2 Å². The van der Waals surface area contributed by atoms with E-state index in [0.29, 0.717) is 20.6 Å². The Bertz CT molecular complexity index is 1430. The first-order valence-corrected chi connectivity index (χ1v) is 14.5. The molecule has 0 aliphatic rings. The van der Waals surface area contributed by atoms with E-state index in [2.05, 4.69) is 5.32 Å². The Morgan fingerprint density at radius 2 is 1.62 bits per heavy atom. The number of nitrogens with zero attached hydrogens (tertiary/aromatic N) is 2. The predicted octanol–water partition coefficient (Wildman–Crippen LogP) is 5.40. The topological polar surface area (TPSA) is 96.0 Å². The number of rotatable bonds is 11. The van der Waals surface area contributed by atoms with E-state index >= 15 is 0 Å². The van der Waals surface area contributed by atoms with Gasteiger partial charge >= 0.3 is 0 Å². The number of carbonyl (C=O) groups excluding carboxylic acids is 2. The molecule has 2 amide bonds. The number of hydrogen-bond donors (Lipinski definition) is 1. The number of likely N-dealkylation sites (N-methyl/N-ethyl adjacent to an activating group) is 1. The summed E-state index contributed by atoms with van der Waals surface area (Å²) in [5, 5.41) is 3.60. The minimum Gasteiger partial charge on any atom is -0.492 e. The number of carbonyl (C=O) groups is 2. The van der Waals surface area contributed by atoms with Gasteiger partial charge in [-0.3, -0.25) is 13.9 Å². The summed E-state index contributed by atoms with van der Waals surface area (Å²) in [5.74, 6) is -0.798. The highest BCUT2D eigenvalue weighted by molar-refractivity contribution is 7.92. The summed E-state index contributed by atoms with van der Waals surface area (Å²) in [4.78, 5) is 27.7. The monoisotopic (exact) mass is 611 g/mol. The summed E-state index contributed by atoms with van der Waals surface area (Å²) < 4.78 is 34.5. The number of halogens is 3. The molecule has 0 aromatic heterocycles. The van der Waals surface area contributed by atoms with Gasteiger partial charge in [0.15, 0.2) is 0 Å². The van der Waals surface area contributed by atoms with Crippen molar-refractivity contribution in [1.82, 2.24) is 10.2 Å². The van der Waals surface area contributed by atoms with E-state index in [0.717, 1.165) is 4.31 Å². The minimum absolute atomic E-state index is 0.0641. The first-order chi connectivity index (χ1) is 18.5. The van der Waals surface area contributed by atoms with Crippen LogP contribution in [-0.2, 0) is 26.2 Å². The number of amides is 2. The van der Waals surface area contributed by atoms with Crippen LogP contribution in [0.15, 0.2) is 71.6 Å². The van der Waals surface area contributed by atoms with E-state index in [1.165, 1.54) is 42.3 Å². The molecule has 1 N–H and O–H groups in total. The Balaban J connectivity index is 2.10. The van der Waals surface area contributed by atoms with Crippen LogP contribution in [0.4, 0.5) is 5.69 Å². The van der Waals surface area contributed by atoms with Crippen LogP contribution in [-0.4, -0.2) is 51.4 Å². The van der Waals surface area contributed by atoms with Crippen molar-refractivity contribution in [2.75, 3.05) is 24.5 Å². The standard InChI is InChI=1S/C27H28Cl3N3O5S/c1-4-38-25-8-6-5-7-24(25)33(39(36,37)22-13-11-20(28)12-14-22)17-26(34)32(18(2)27(35)31-3)16-19-9-10-21(29)15-23(19)30/h5-15,18H,4,16-17H2,1-3H3,(H,31,35)/t18-/m1/s1. The Labute approximate surface area is 243 Å². The van der Waals surface area contributed by atoms with Crippen LogP contribution in [0.2, 0.25) is 15.1 Å². The van der Waals surface area contributed by atoms with Crippen molar-refractivity contribution >= 4 is 62.3 Å². The van der Waals surface area contributed by atoms with E-state index in [9.17, 15) is 18.0 Å². The van der Waals surface area contributed by atoms with Gasteiger partial charge in [0.1, 0.15) is 18.3 Å². The zero-order valence-corrected chi connectivity index (χ0v) is 24.6. The number of anilines is 1. The molecule has 0 fully saturated rings. The lowest BCUT2D eigenvalue weighted by Gasteiger charge is -2.32. The average Bonchev–Trinajstić information content (AvgIpc) is 2.91. The van der Waals surface area contributed by atoms with E-state index in [1.807, 2.05) is 0 Å². The summed E-state index contributed by atoms with van der Waals surface area (Å²) in [6, 6.07) is 16.0. The lowest BCUT2D eigenvalue weighted by atomic mass is 10.1. The van der Waals surface area contributed by atoms with Crippen LogP contribution in [0, 0.1) is 0 Å². The fraction of sp³-hybridized carbons (Fsp3) is 0.259. The van der Waals surface area contributed by atoms with E-state index in [-0.39, 0.29) is 29.5 Å². The van der Waals surface area contributed by atoms with Crippen LogP contribution in [0.25, 0.3) is 0 Å². The smallest absolute Gasteiger partial charge is 0.264 e. The SMILES string of the molecule is CCOc1ccccc1N(CC(=O)N(Cc1ccc(Cl)cc1Cl)[C@H](C)C(=O)NC)S(=O)(=O)c1ccc(Cl)cc1. The second-order valence-corrected chi connectivity index (χ2v) is 11.6. The third-order valence-electron chi connectivity index (χ3n) is 5.88. The van der Waals surface area contributed by atoms with Crippen LogP contribution in [0.3, 0.4) is 0 Å². The molecule has 3 aromatic carbocycles. The van der Waals surface area contributed by atoms with Gasteiger partial charge in [0, 0.05) is 28.7 Å². The number of ether oxygens (including phenoxy) is 1. The fourth-order valence-electron chi connectivity index (χ4n) is 3.81. The molecule has 3 aromatic rings. The first kappa shape index (κ1) is 30.6. The van der Waals surface area contributed by atoms with Crippen molar-refractivity contribution in [1.29, 1.82) is 0 Å². The molecule has 1 atom stereocenters. The van der Waals surface area contributed by atoms with E-state index < -0.39 is 34.4 Å². The van der Waals surface area contributed by atoms with Gasteiger partial charge in [-0.25, -0.2) is 8.42 Å². The molecule has 0 saturated heterocycles. The summed E-state index contributed by atoms with van der Waals surface area (Å²) in [7, 11) is -2.82. The third kappa shape index (κ3) is 7.36. The highest BCUT2D eigenvalue weighted by Crippen LogP contribution is 2.33. The van der Waals surface area contributed by atoms with Crippen molar-refractivity contribution in [2.24, 2.45) is 0 Å². The van der Waals surface area contributed by atoms with Gasteiger partial charge in [-0.1, -0.05) is 53.0 Å². The van der Waals surface area contributed by atoms with Crippen molar-refractivity contribution in [3.63, 3.8) is 0 Å². The Morgan fingerprint density at radius 1 is 0.974 bits per heavy atom. The zero-order chi connectivity index (χ0) is 28.7. The fourth-order valence-corrected chi connectivity index (χ4v) is 5.83. The first-order valence-electron chi connectivity index (χ1n) is 11.9. The van der Waals surface area contributed by atoms with Gasteiger partial charge in [-0.15, -0.1) is 0 Å². The molecular weight excluding hydrogens is 585 g/mol. The molecule has 12 heteroatoms. The molecule has 0 bridgehead atoms. The maximum absolute atomic E-state index is 13.9. The van der Waals surface area contributed by atoms with Crippen LogP contribution < -0.4 is 14.4 Å². The lowest BCUT2D eigenvalue weighted by molar-refractivity contribution is -0.139. The summed E-state index contributed by atoms with van der Waals surface area (Å²) in [6.45, 7) is 2.90. The van der Waals surface area contributed by atoms with Gasteiger partial charge in [-0.05, 0) is 67.9 Å². The molecule has 208 valence electrons. The molecule has 39 heavy (non-hydrogen) atoms. The van der Waals surface area contributed by atoms with Gasteiger partial charge in [-0.2, -0.15) is 0 Å². The largest absolute Gasteiger partial charge is 0.492 e. The van der Waals surface area contributed by atoms with Gasteiger partial charge < -0.3 is 15.0 Å². The predicted molar refractivity (Wildman–Crippen MR) is 154 cm³/mol. The summed E-state index contributed by atoms with van der Waals surface area (Å²) in [5.41, 5.74) is 0.701. The molecule has 0 heterocycles. The second kappa shape index (κ2) is 13.4. The molecule has 0 aliphatic carbocycles. The average molecular weight is 613 g/mol. The number of benzene rings is 3. The normalized spacial score (nSPS) is 11.9. The molecule has 0 aliphatic heterocycles. The zero-order valence-electron chi connectivity index (χ0n) is 21.5. The maximum Gasteiger partial charge on any atom is 0.264 e. The Kier molecular flexibility index (Phi) is 10.5. The molecule has 3 rings (SSSR count). The van der Waals surface area contributed by atoms with E-state index in [4.69, 9.17) is 39.5 Å². The maximum atomic E-state index is 13.9. The van der Waals surface area contributed by atoms with Crippen molar-refractivity contribution < 1.29 is 22.7 Å². The van der Waals surface area contributed by atoms with Crippen LogP contribution in [0.1, 0.15) is 19.4 Å². The summed E-state index contributed by atoms with van der Waals surface area (Å²) in [6.07, 6.45) is 0. The van der Waals surface area contributed by atoms with Gasteiger partial charge in [0.25, 0.3) is 10.0 Å². The number of nitrogens with one attached hydrogen (secondary N) is 1. The number of para-hydroxylation sites is 2. The molecular formula is C27H28Cl3N3O5S. The lowest BCUT2D eigenvalue weighted by Crippen LogP contribution is -2.50. The highest BCUT2D eigenvalue weighted by Gasteiger charge is 2.33. The van der Waals surface area contributed by atoms with Gasteiger partial charge in [0.05, 0.1) is 17.2 Å². The molecule has 0 saturated carbocycles. The van der Waals surface area contributed by atoms with Crippen molar-refractivity contribution in [2.45, 2.75) is 31.3 Å². The van der Waals surface area contributed by atoms with Gasteiger partial charge in [0.2, 0.25) is 11.8 Å². The van der Waals surface area contributed by atoms with Crippen molar-refractivity contribution in [3.05, 3.63) is 87.4 Å². The molecule has 0 spiro atoms. The molecule has 0 radical (unpaired) electrons. The minimum atomic E-state index is -4.28. The number of sulfonamides is 1. The quantitative estimate of drug-likeness (QED) is 0.313. The number of hydrogen-bond acceptors (Lipinski definition) is 5. The molecule has 8 nitrogen and oxygen atoms in total. The second-order valence-electron chi connectivity index (χ2n) is 8.41. The van der Waals surface area contributed by atoms with Crippen LogP contribution in [0.5, 0.6) is 5.75 Å². The van der Waals surface area contributed by atoms with Crippen molar-refractivity contribution in [3.8, 4) is 5.75 Å². The molecule has 0 unspecified atom stereocenters.